The summed E-state index contributed by atoms with van der Waals surface area (Å²) >= 11 is 1.41. The third-order valence-electron chi connectivity index (χ3n) is 7.64. The number of hydrogen-bond acceptors (Lipinski definition) is 6. The van der Waals surface area contributed by atoms with Crippen molar-refractivity contribution < 1.29 is 28.9 Å². The predicted molar refractivity (Wildman–Crippen MR) is 143 cm³/mol. The molecule has 2 aromatic rings. The molecule has 6 rings (SSSR count). The molecule has 0 saturated carbocycles. The summed E-state index contributed by atoms with van der Waals surface area (Å²) in [6.07, 6.45) is 6.69. The van der Waals surface area contributed by atoms with Gasteiger partial charge in [-0.05, 0) is 41.7 Å². The van der Waals surface area contributed by atoms with Crippen molar-refractivity contribution in [3.05, 3.63) is 82.8 Å². The molecule has 0 unspecified atom stereocenters. The highest BCUT2D eigenvalue weighted by atomic mass is 32.2. The van der Waals surface area contributed by atoms with Gasteiger partial charge in [0.05, 0.1) is 0 Å². The molecule has 0 aliphatic carbocycles. The molecule has 4 aliphatic heterocycles. The number of hydrogen-bond donors (Lipinski definition) is 2. The molecule has 3 amide bonds. The summed E-state index contributed by atoms with van der Waals surface area (Å²) in [4.78, 5) is 54.9. The van der Waals surface area contributed by atoms with Gasteiger partial charge in [-0.1, -0.05) is 18.2 Å². The zero-order chi connectivity index (χ0) is 27.3. The van der Waals surface area contributed by atoms with E-state index in [1.54, 1.807) is 11.0 Å². The number of carbonyl (C=O) groups excluding carboxylic acids is 3. The molecule has 4 aliphatic rings. The minimum Gasteiger partial charge on any atom is -0.477 e. The average molecular weight is 547 g/mol. The number of aliphatic carboxylic acids is 1. The third-order valence-corrected chi connectivity index (χ3v) is 8.97. The first-order chi connectivity index (χ1) is 18.8. The Morgan fingerprint density at radius 1 is 1.10 bits per heavy atom. The fourth-order valence-corrected chi connectivity index (χ4v) is 6.82. The van der Waals surface area contributed by atoms with Crippen molar-refractivity contribution in [3.8, 4) is 0 Å². The number of carbonyl (C=O) groups is 4. The number of nitrogens with two attached hydrogens (primary N) is 1. The second kappa shape index (κ2) is 9.97. The van der Waals surface area contributed by atoms with Gasteiger partial charge >= 0.3 is 5.97 Å². The Kier molecular flexibility index (Phi) is 6.48. The Bertz CT molecular complexity index is 1450. The minimum absolute atomic E-state index is 0.0336. The van der Waals surface area contributed by atoms with E-state index in [4.69, 9.17) is 5.73 Å². The maximum absolute atomic E-state index is 13.1. The molecule has 0 radical (unpaired) electrons. The normalized spacial score (nSPS) is 23.3. The van der Waals surface area contributed by atoms with Crippen molar-refractivity contribution in [1.82, 2.24) is 9.80 Å². The topological polar surface area (TPSA) is 128 Å². The molecule has 2 saturated heterocycles. The van der Waals surface area contributed by atoms with Gasteiger partial charge in [0.1, 0.15) is 17.1 Å². The predicted octanol–water partition coefficient (Wildman–Crippen LogP) is 0.803. The number of rotatable bonds is 6. The lowest BCUT2D eigenvalue weighted by atomic mass is 10.0. The molecule has 1 aromatic heterocycles. The molecule has 200 valence electrons. The van der Waals surface area contributed by atoms with Crippen molar-refractivity contribution in [2.24, 2.45) is 5.73 Å². The number of amides is 3. The van der Waals surface area contributed by atoms with Crippen molar-refractivity contribution >= 4 is 41.1 Å². The van der Waals surface area contributed by atoms with Crippen LogP contribution in [0.5, 0.6) is 0 Å². The van der Waals surface area contributed by atoms with Gasteiger partial charge in [-0.15, -0.1) is 11.8 Å². The number of β-lactam (4-membered cyclic amide) rings is 1. The number of aromatic nitrogens is 1. The molecule has 1 aromatic carbocycles. The second-order valence-electron chi connectivity index (χ2n) is 10.1. The Hall–Kier alpha value is -3.96. The number of thioether (sulfide) groups is 1. The summed E-state index contributed by atoms with van der Waals surface area (Å²) in [6, 6.07) is 11.1. The average Bonchev–Trinajstić information content (AvgIpc) is 3.52. The van der Waals surface area contributed by atoms with Crippen molar-refractivity contribution in [2.75, 3.05) is 23.7 Å². The first-order valence-corrected chi connectivity index (χ1v) is 13.9. The van der Waals surface area contributed by atoms with Crippen LogP contribution in [0, 0.1) is 0 Å². The molecule has 2 atom stereocenters. The van der Waals surface area contributed by atoms with E-state index in [9.17, 15) is 24.3 Å². The van der Waals surface area contributed by atoms with Gasteiger partial charge in [0, 0.05) is 48.8 Å². The fourth-order valence-electron chi connectivity index (χ4n) is 5.57. The van der Waals surface area contributed by atoms with Crippen LogP contribution in [-0.4, -0.2) is 68.9 Å². The number of anilines is 1. The van der Waals surface area contributed by atoms with E-state index in [0.29, 0.717) is 43.0 Å². The van der Waals surface area contributed by atoms with Crippen molar-refractivity contribution in [2.45, 2.75) is 37.3 Å². The van der Waals surface area contributed by atoms with E-state index in [1.165, 1.54) is 22.2 Å². The number of likely N-dealkylation sites (tertiary alicyclic amines) is 1. The number of carboxylic acid groups (broad SMARTS) is 1. The van der Waals surface area contributed by atoms with Gasteiger partial charge < -0.3 is 20.6 Å². The Morgan fingerprint density at radius 3 is 2.64 bits per heavy atom. The van der Waals surface area contributed by atoms with Gasteiger partial charge in [0.25, 0.3) is 5.91 Å². The van der Waals surface area contributed by atoms with Crippen LogP contribution >= 0.6 is 11.8 Å². The molecule has 11 heteroatoms. The number of benzene rings is 1. The van der Waals surface area contributed by atoms with Crippen LogP contribution in [0.1, 0.15) is 17.5 Å². The van der Waals surface area contributed by atoms with Crippen molar-refractivity contribution in [3.63, 3.8) is 0 Å². The van der Waals surface area contributed by atoms with Crippen LogP contribution in [0.25, 0.3) is 0 Å². The van der Waals surface area contributed by atoms with Crippen LogP contribution in [0.3, 0.4) is 0 Å². The zero-order valence-corrected chi connectivity index (χ0v) is 22.0. The number of pyridine rings is 1. The van der Waals surface area contributed by atoms with Gasteiger partial charge in [-0.2, -0.15) is 4.57 Å². The first-order valence-electron chi connectivity index (χ1n) is 12.8. The maximum atomic E-state index is 13.1. The van der Waals surface area contributed by atoms with Crippen LogP contribution in [0.15, 0.2) is 71.7 Å². The molecule has 0 bridgehead atoms. The molecule has 2 fully saturated rings. The lowest BCUT2D eigenvalue weighted by Gasteiger charge is -2.47. The van der Waals surface area contributed by atoms with E-state index in [0.717, 1.165) is 17.7 Å². The lowest BCUT2D eigenvalue weighted by molar-refractivity contribution is -0.684. The quantitative estimate of drug-likeness (QED) is 0.312. The maximum Gasteiger partial charge on any atom is 0.352 e. The molecular weight excluding hydrogens is 518 g/mol. The van der Waals surface area contributed by atoms with E-state index in [2.05, 4.69) is 6.07 Å². The number of carboxylic acids is 1. The number of nitrogens with zero attached hydrogens (tertiary/aromatic N) is 4. The Morgan fingerprint density at radius 2 is 1.87 bits per heavy atom. The van der Waals surface area contributed by atoms with Crippen LogP contribution in [0.2, 0.25) is 0 Å². The highest BCUT2D eigenvalue weighted by Crippen LogP contribution is 2.40. The monoisotopic (exact) mass is 546 g/mol. The van der Waals surface area contributed by atoms with Gasteiger partial charge in [-0.25, -0.2) is 4.79 Å². The van der Waals surface area contributed by atoms with Gasteiger partial charge in [0.2, 0.25) is 18.4 Å². The zero-order valence-electron chi connectivity index (χ0n) is 21.2. The van der Waals surface area contributed by atoms with Crippen LogP contribution < -0.4 is 15.2 Å². The second-order valence-corrected chi connectivity index (χ2v) is 11.2. The van der Waals surface area contributed by atoms with Gasteiger partial charge in [-0.3, -0.25) is 19.3 Å². The third kappa shape index (κ3) is 4.51. The van der Waals surface area contributed by atoms with E-state index >= 15 is 0 Å². The van der Waals surface area contributed by atoms with Crippen molar-refractivity contribution in [1.29, 1.82) is 0 Å². The van der Waals surface area contributed by atoms with Crippen LogP contribution in [-0.2, 0) is 38.7 Å². The molecule has 0 spiro atoms. The fraction of sp³-hybridized carbons (Fsp3) is 0.321. The van der Waals surface area contributed by atoms with Crippen LogP contribution in [0.4, 0.5) is 5.69 Å². The Labute approximate surface area is 229 Å². The summed E-state index contributed by atoms with van der Waals surface area (Å²) in [6.45, 7) is 1.85. The smallest absolute Gasteiger partial charge is 0.352 e. The SMILES string of the molecule is N[C@@H]1C(=O)N2C(C(=O)O)=C(C=C3CCN(Cc4cc[n+](CC(=O)N5CCc6ccccc65)cc4)C3=O)CS[C@H]12. The number of fused-ring (bicyclic) bond motifs is 2. The molecule has 10 nitrogen and oxygen atoms in total. The summed E-state index contributed by atoms with van der Waals surface area (Å²) in [5, 5.41) is 9.38. The number of allylic oxidation sites excluding steroid dienone is 1. The van der Waals surface area contributed by atoms with E-state index in [-0.39, 0.29) is 29.4 Å². The minimum atomic E-state index is -1.19. The molecule has 5 heterocycles. The summed E-state index contributed by atoms with van der Waals surface area (Å²) in [5.41, 5.74) is 9.83. The number of para-hydroxylation sites is 1. The lowest BCUT2D eigenvalue weighted by Crippen LogP contribution is -2.68. The molecule has 39 heavy (non-hydrogen) atoms. The largest absolute Gasteiger partial charge is 0.477 e. The summed E-state index contributed by atoms with van der Waals surface area (Å²) in [5.74, 6) is -1.34. The highest BCUT2D eigenvalue weighted by Gasteiger charge is 2.51. The Balaban J connectivity index is 1.10. The molecule has 3 N–H and O–H groups in total. The molecular formula is C28H28N5O5S+. The standard InChI is InChI=1S/C28H27N5O5S/c29-23-26(36)33-24(28(37)38)20(16-39-27(23)33)13-19-7-11-31(25(19)35)14-17-5-9-30(10-6-17)15-22(34)32-12-8-18-3-1-2-4-21(18)32/h1-6,9-10,13,23,27H,7-8,11-12,14-16,29H2/p+1/t23-,27-/m1/s1. The summed E-state index contributed by atoms with van der Waals surface area (Å²) in [7, 11) is 0. The van der Waals surface area contributed by atoms with E-state index < -0.39 is 17.9 Å². The first kappa shape index (κ1) is 25.3. The highest BCUT2D eigenvalue weighted by molar-refractivity contribution is 8.00. The summed E-state index contributed by atoms with van der Waals surface area (Å²) < 4.78 is 1.83. The van der Waals surface area contributed by atoms with E-state index in [1.807, 2.05) is 52.2 Å². The van der Waals surface area contributed by atoms with Gasteiger partial charge in [0.15, 0.2) is 12.4 Å².